The van der Waals surface area contributed by atoms with Crippen molar-refractivity contribution in [3.63, 3.8) is 0 Å². The summed E-state index contributed by atoms with van der Waals surface area (Å²) in [4.78, 5) is 37.8. The molecule has 7 heteroatoms. The highest BCUT2D eigenvalue weighted by atomic mass is 35.5. The van der Waals surface area contributed by atoms with Gasteiger partial charge in [0.15, 0.2) is 0 Å². The molecule has 1 saturated heterocycles. The third kappa shape index (κ3) is 4.64. The van der Waals surface area contributed by atoms with Gasteiger partial charge in [0.1, 0.15) is 0 Å². The molecule has 0 saturated carbocycles. The zero-order valence-corrected chi connectivity index (χ0v) is 16.2. The number of carbonyl (C=O) groups excluding carboxylic acids is 3. The van der Waals surface area contributed by atoms with Gasteiger partial charge in [-0.2, -0.15) is 0 Å². The fourth-order valence-electron chi connectivity index (χ4n) is 2.55. The van der Waals surface area contributed by atoms with Crippen LogP contribution in [0.3, 0.4) is 0 Å². The largest absolute Gasteiger partial charge is 0.375 e. The highest BCUT2D eigenvalue weighted by molar-refractivity contribution is 6.34. The maximum absolute atomic E-state index is 12.5. The van der Waals surface area contributed by atoms with E-state index >= 15 is 0 Å². The van der Waals surface area contributed by atoms with Crippen molar-refractivity contribution in [2.75, 3.05) is 23.3 Å². The maximum atomic E-state index is 12.5. The molecular weight excluding hydrogens is 354 g/mol. The molecule has 2 rings (SSSR count). The molecule has 1 fully saturated rings. The van der Waals surface area contributed by atoms with Gasteiger partial charge in [-0.25, -0.2) is 4.90 Å². The topological polar surface area (TPSA) is 78.5 Å². The van der Waals surface area contributed by atoms with E-state index in [4.69, 9.17) is 11.6 Å². The van der Waals surface area contributed by atoms with Crippen LogP contribution in [0.1, 0.15) is 34.1 Å². The number of hydrogen-bond donors (Lipinski definition) is 2. The molecule has 1 aliphatic heterocycles. The maximum Gasteiger partial charge on any atom is 0.261 e. The van der Waals surface area contributed by atoms with Gasteiger partial charge in [-0.3, -0.25) is 14.4 Å². The number of hydrogen-bond acceptors (Lipinski definition) is 4. The summed E-state index contributed by atoms with van der Waals surface area (Å²) in [7, 11) is 0. The van der Waals surface area contributed by atoms with Crippen molar-refractivity contribution >= 4 is 40.7 Å². The van der Waals surface area contributed by atoms with E-state index in [1.54, 1.807) is 18.2 Å². The molecule has 26 heavy (non-hydrogen) atoms. The highest BCUT2D eigenvalue weighted by Gasteiger charge is 2.35. The van der Waals surface area contributed by atoms with Gasteiger partial charge in [0.05, 0.1) is 29.4 Å². The van der Waals surface area contributed by atoms with Crippen LogP contribution in [-0.2, 0) is 14.4 Å². The Bertz CT molecular complexity index is 767. The summed E-state index contributed by atoms with van der Waals surface area (Å²) in [5.74, 6) is -0.366. The van der Waals surface area contributed by atoms with Crippen LogP contribution in [-0.4, -0.2) is 30.8 Å². The number of amides is 3. The van der Waals surface area contributed by atoms with Gasteiger partial charge in [0.2, 0.25) is 11.8 Å². The van der Waals surface area contributed by atoms with Crippen molar-refractivity contribution in [3.8, 4) is 0 Å². The SMILES string of the molecule is CC(C)=C1CC(=O)N(c2ccc(Cl)c(NCC(=O)NCC(C)C)c2)C1=O. The Balaban J connectivity index is 2.15. The first-order valence-corrected chi connectivity index (χ1v) is 8.92. The molecule has 0 bridgehead atoms. The van der Waals surface area contributed by atoms with Crippen LogP contribution in [0.4, 0.5) is 11.4 Å². The van der Waals surface area contributed by atoms with E-state index < -0.39 is 0 Å². The quantitative estimate of drug-likeness (QED) is 0.589. The summed E-state index contributed by atoms with van der Waals surface area (Å²) in [5, 5.41) is 6.17. The first-order chi connectivity index (χ1) is 12.2. The molecule has 0 unspecified atom stereocenters. The number of rotatable bonds is 6. The number of allylic oxidation sites excluding steroid dienone is 1. The van der Waals surface area contributed by atoms with Crippen LogP contribution in [0.5, 0.6) is 0 Å². The summed E-state index contributed by atoms with van der Waals surface area (Å²) in [5.41, 5.74) is 2.29. The van der Waals surface area contributed by atoms with E-state index in [0.717, 1.165) is 10.5 Å². The summed E-state index contributed by atoms with van der Waals surface area (Å²) < 4.78 is 0. The van der Waals surface area contributed by atoms with Crippen molar-refractivity contribution in [1.29, 1.82) is 0 Å². The Hall–Kier alpha value is -2.34. The third-order valence-electron chi connectivity index (χ3n) is 4.00. The first-order valence-electron chi connectivity index (χ1n) is 8.54. The highest BCUT2D eigenvalue weighted by Crippen LogP contribution is 2.32. The van der Waals surface area contributed by atoms with Crippen molar-refractivity contribution in [2.45, 2.75) is 34.1 Å². The number of imide groups is 1. The van der Waals surface area contributed by atoms with Gasteiger partial charge in [-0.05, 0) is 38.0 Å². The zero-order chi connectivity index (χ0) is 19.4. The molecular formula is C19H24ClN3O3. The Morgan fingerprint density at radius 1 is 1.27 bits per heavy atom. The van der Waals surface area contributed by atoms with E-state index in [-0.39, 0.29) is 30.7 Å². The van der Waals surface area contributed by atoms with Gasteiger partial charge < -0.3 is 10.6 Å². The van der Waals surface area contributed by atoms with E-state index in [1.807, 2.05) is 27.7 Å². The minimum Gasteiger partial charge on any atom is -0.375 e. The second kappa shape index (κ2) is 8.36. The van der Waals surface area contributed by atoms with Crippen molar-refractivity contribution in [1.82, 2.24) is 5.32 Å². The smallest absolute Gasteiger partial charge is 0.261 e. The molecule has 2 N–H and O–H groups in total. The number of benzene rings is 1. The number of carbonyl (C=O) groups is 3. The average molecular weight is 378 g/mol. The van der Waals surface area contributed by atoms with Gasteiger partial charge in [-0.15, -0.1) is 0 Å². The molecule has 1 aliphatic rings. The molecule has 6 nitrogen and oxygen atoms in total. The molecule has 0 aliphatic carbocycles. The van der Waals surface area contributed by atoms with E-state index in [1.165, 1.54) is 0 Å². The second-order valence-corrected chi connectivity index (χ2v) is 7.31. The molecule has 0 spiro atoms. The Labute approximate surface area is 158 Å². The second-order valence-electron chi connectivity index (χ2n) is 6.91. The summed E-state index contributed by atoms with van der Waals surface area (Å²) in [6.07, 6.45) is 0.101. The summed E-state index contributed by atoms with van der Waals surface area (Å²) in [6.45, 7) is 8.30. The van der Waals surface area contributed by atoms with Gasteiger partial charge in [-0.1, -0.05) is 31.0 Å². The molecule has 1 aromatic rings. The Morgan fingerprint density at radius 3 is 2.54 bits per heavy atom. The first kappa shape index (κ1) is 20.0. The lowest BCUT2D eigenvalue weighted by molar-refractivity contribution is -0.121. The fourth-order valence-corrected chi connectivity index (χ4v) is 2.73. The van der Waals surface area contributed by atoms with Gasteiger partial charge in [0.25, 0.3) is 5.91 Å². The normalized spacial score (nSPS) is 14.2. The number of anilines is 2. The minimum atomic E-state index is -0.307. The van der Waals surface area contributed by atoms with Crippen molar-refractivity contribution < 1.29 is 14.4 Å². The van der Waals surface area contributed by atoms with Crippen LogP contribution < -0.4 is 15.5 Å². The van der Waals surface area contributed by atoms with Crippen LogP contribution in [0.25, 0.3) is 0 Å². The van der Waals surface area contributed by atoms with Crippen molar-refractivity contribution in [3.05, 3.63) is 34.4 Å². The lowest BCUT2D eigenvalue weighted by Crippen LogP contribution is -2.32. The molecule has 0 atom stereocenters. The molecule has 1 heterocycles. The standard InChI is InChI=1S/C19H24ClN3O3/c1-11(2)9-22-17(24)10-21-16-7-13(5-6-15(16)20)23-18(25)8-14(12(3)4)19(23)26/h5-7,11,21H,8-10H2,1-4H3,(H,22,24). The van der Waals surface area contributed by atoms with E-state index in [9.17, 15) is 14.4 Å². The summed E-state index contributed by atoms with van der Waals surface area (Å²) in [6, 6.07) is 4.84. The third-order valence-corrected chi connectivity index (χ3v) is 4.33. The molecule has 0 radical (unpaired) electrons. The van der Waals surface area contributed by atoms with Crippen LogP contribution in [0.2, 0.25) is 5.02 Å². The number of halogens is 1. The Kier molecular flexibility index (Phi) is 6.42. The average Bonchev–Trinajstić information content (AvgIpc) is 2.87. The predicted molar refractivity (Wildman–Crippen MR) is 103 cm³/mol. The Morgan fingerprint density at radius 2 is 1.96 bits per heavy atom. The van der Waals surface area contributed by atoms with Crippen LogP contribution in [0, 0.1) is 5.92 Å². The fraction of sp³-hybridized carbons (Fsp3) is 0.421. The number of nitrogens with zero attached hydrogens (tertiary/aromatic N) is 1. The molecule has 1 aromatic carbocycles. The predicted octanol–water partition coefficient (Wildman–Crippen LogP) is 3.12. The molecule has 3 amide bonds. The van der Waals surface area contributed by atoms with E-state index in [2.05, 4.69) is 10.6 Å². The lowest BCUT2D eigenvalue weighted by Gasteiger charge is -2.16. The minimum absolute atomic E-state index is 0.0526. The summed E-state index contributed by atoms with van der Waals surface area (Å²) >= 11 is 6.17. The van der Waals surface area contributed by atoms with Crippen LogP contribution in [0.15, 0.2) is 29.3 Å². The molecule has 0 aromatic heterocycles. The van der Waals surface area contributed by atoms with Crippen LogP contribution >= 0.6 is 11.6 Å². The van der Waals surface area contributed by atoms with Gasteiger partial charge in [0, 0.05) is 12.1 Å². The lowest BCUT2D eigenvalue weighted by atomic mass is 10.1. The zero-order valence-electron chi connectivity index (χ0n) is 15.5. The molecule has 140 valence electrons. The number of nitrogens with one attached hydrogen (secondary N) is 2. The van der Waals surface area contributed by atoms with Gasteiger partial charge >= 0.3 is 0 Å². The van der Waals surface area contributed by atoms with Crippen molar-refractivity contribution in [2.24, 2.45) is 5.92 Å². The van der Waals surface area contributed by atoms with E-state index in [0.29, 0.717) is 34.4 Å². The monoisotopic (exact) mass is 377 g/mol.